The lowest BCUT2D eigenvalue weighted by Crippen LogP contribution is -2.15. The van der Waals surface area contributed by atoms with Gasteiger partial charge in [0.05, 0.1) is 17.3 Å². The van der Waals surface area contributed by atoms with Gasteiger partial charge >= 0.3 is 0 Å². The zero-order valence-corrected chi connectivity index (χ0v) is 21.6. The van der Waals surface area contributed by atoms with E-state index < -0.39 is 0 Å². The minimum absolute atomic E-state index is 0.116. The molecule has 182 valence electrons. The van der Waals surface area contributed by atoms with Crippen molar-refractivity contribution in [2.24, 2.45) is 0 Å². The maximum Gasteiger partial charge on any atom is 0.214 e. The van der Waals surface area contributed by atoms with Crippen molar-refractivity contribution in [1.82, 2.24) is 25.5 Å². The molecule has 0 bridgehead atoms. The molecule has 0 aliphatic heterocycles. The predicted octanol–water partition coefficient (Wildman–Crippen LogP) is 5.42. The van der Waals surface area contributed by atoms with Crippen LogP contribution in [0.1, 0.15) is 17.5 Å². The van der Waals surface area contributed by atoms with E-state index in [0.29, 0.717) is 23.6 Å². The Morgan fingerprint density at radius 1 is 1.09 bits per heavy atom. The minimum Gasteiger partial charge on any atom is -0.493 e. The van der Waals surface area contributed by atoms with E-state index in [9.17, 15) is 4.39 Å². The van der Waals surface area contributed by atoms with Crippen molar-refractivity contribution in [2.45, 2.75) is 24.7 Å². The number of nitrogens with zero attached hydrogens (tertiary/aromatic N) is 4. The number of methoxy groups -OCH3 is 1. The highest BCUT2D eigenvalue weighted by Crippen LogP contribution is 2.37. The summed E-state index contributed by atoms with van der Waals surface area (Å²) in [5, 5.41) is 16.2. The zero-order valence-electron chi connectivity index (χ0n) is 19.2. The molecule has 0 aliphatic rings. The van der Waals surface area contributed by atoms with Crippen LogP contribution in [0.2, 0.25) is 0 Å². The van der Waals surface area contributed by atoms with Gasteiger partial charge in [-0.2, -0.15) is 4.68 Å². The maximum atomic E-state index is 13.9. The van der Waals surface area contributed by atoms with Gasteiger partial charge in [-0.05, 0) is 75.2 Å². The lowest BCUT2D eigenvalue weighted by atomic mass is 10.2. The number of thioether (sulfide) groups is 1. The van der Waals surface area contributed by atoms with Crippen LogP contribution in [0.25, 0.3) is 5.69 Å². The van der Waals surface area contributed by atoms with Crippen LogP contribution < -0.4 is 14.8 Å². The Labute approximate surface area is 216 Å². The van der Waals surface area contributed by atoms with Crippen molar-refractivity contribution >= 4 is 27.7 Å². The van der Waals surface area contributed by atoms with Gasteiger partial charge in [-0.3, -0.25) is 0 Å². The number of rotatable bonds is 12. The summed E-state index contributed by atoms with van der Waals surface area (Å²) in [4.78, 5) is 0. The molecular formula is C25H25BrFN5O2S. The van der Waals surface area contributed by atoms with Crippen LogP contribution in [0, 0.1) is 5.82 Å². The number of hydrogen-bond donors (Lipinski definition) is 1. The Hall–Kier alpha value is -2.95. The summed E-state index contributed by atoms with van der Waals surface area (Å²) in [5.74, 6) is 1.73. The largest absolute Gasteiger partial charge is 0.493 e. The Morgan fingerprint density at radius 3 is 2.69 bits per heavy atom. The SMILES string of the molecule is COc1cc(CNCCCSc2nnnn2-c2ccccc2)cc(Br)c1OCc1ccccc1F. The predicted molar refractivity (Wildman–Crippen MR) is 138 cm³/mol. The Kier molecular flexibility index (Phi) is 9.10. The molecule has 4 rings (SSSR count). The second kappa shape index (κ2) is 12.7. The van der Waals surface area contributed by atoms with E-state index in [4.69, 9.17) is 9.47 Å². The molecular weight excluding hydrogens is 533 g/mol. The number of aromatic nitrogens is 4. The number of benzene rings is 3. The first-order valence-electron chi connectivity index (χ1n) is 11.1. The molecule has 1 aromatic heterocycles. The molecule has 0 saturated carbocycles. The van der Waals surface area contributed by atoms with Crippen LogP contribution in [0.3, 0.4) is 0 Å². The van der Waals surface area contributed by atoms with Gasteiger partial charge in [0.25, 0.3) is 0 Å². The van der Waals surface area contributed by atoms with Gasteiger partial charge in [-0.25, -0.2) is 4.39 Å². The number of nitrogens with one attached hydrogen (secondary N) is 1. The van der Waals surface area contributed by atoms with Gasteiger partial charge in [-0.15, -0.1) is 5.10 Å². The van der Waals surface area contributed by atoms with Gasteiger partial charge in [0, 0.05) is 17.9 Å². The van der Waals surface area contributed by atoms with E-state index in [0.717, 1.165) is 39.6 Å². The van der Waals surface area contributed by atoms with Crippen LogP contribution >= 0.6 is 27.7 Å². The lowest BCUT2D eigenvalue weighted by molar-refractivity contribution is 0.277. The topological polar surface area (TPSA) is 74.1 Å². The average Bonchev–Trinajstić information content (AvgIpc) is 3.35. The van der Waals surface area contributed by atoms with Crippen molar-refractivity contribution in [3.63, 3.8) is 0 Å². The number of hydrogen-bond acceptors (Lipinski definition) is 7. The molecule has 0 radical (unpaired) electrons. The first kappa shape index (κ1) is 25.2. The van der Waals surface area contributed by atoms with E-state index in [2.05, 4.69) is 36.8 Å². The molecule has 3 aromatic carbocycles. The third-order valence-corrected chi connectivity index (χ3v) is 6.71. The lowest BCUT2D eigenvalue weighted by Gasteiger charge is -2.15. The van der Waals surface area contributed by atoms with Crippen molar-refractivity contribution in [3.8, 4) is 17.2 Å². The van der Waals surface area contributed by atoms with E-state index in [1.54, 1.807) is 41.8 Å². The summed E-state index contributed by atoms with van der Waals surface area (Å²) >= 11 is 5.19. The smallest absolute Gasteiger partial charge is 0.214 e. The summed E-state index contributed by atoms with van der Waals surface area (Å²) in [5.41, 5.74) is 2.48. The van der Waals surface area contributed by atoms with E-state index in [-0.39, 0.29) is 12.4 Å². The highest BCUT2D eigenvalue weighted by Gasteiger charge is 2.13. The number of ether oxygens (including phenoxy) is 2. The molecule has 0 spiro atoms. The summed E-state index contributed by atoms with van der Waals surface area (Å²) in [7, 11) is 1.59. The maximum absolute atomic E-state index is 13.9. The molecule has 0 unspecified atom stereocenters. The summed E-state index contributed by atoms with van der Waals surface area (Å²) in [6.45, 7) is 1.63. The van der Waals surface area contributed by atoms with Gasteiger partial charge in [-0.1, -0.05) is 48.2 Å². The Bertz CT molecular complexity index is 1240. The van der Waals surface area contributed by atoms with Gasteiger partial charge in [0.15, 0.2) is 11.5 Å². The normalized spacial score (nSPS) is 10.9. The van der Waals surface area contributed by atoms with Crippen LogP contribution in [-0.2, 0) is 13.2 Å². The summed E-state index contributed by atoms with van der Waals surface area (Å²) in [6, 6.07) is 20.3. The van der Waals surface area contributed by atoms with Crippen molar-refractivity contribution in [3.05, 3.63) is 88.1 Å². The Morgan fingerprint density at radius 2 is 1.89 bits per heavy atom. The molecule has 10 heteroatoms. The first-order chi connectivity index (χ1) is 17.2. The molecule has 4 aromatic rings. The minimum atomic E-state index is -0.293. The molecule has 0 saturated heterocycles. The van der Waals surface area contributed by atoms with E-state index in [1.807, 2.05) is 42.5 Å². The molecule has 0 aliphatic carbocycles. The quantitative estimate of drug-likeness (QED) is 0.184. The summed E-state index contributed by atoms with van der Waals surface area (Å²) < 4.78 is 27.8. The number of halogens is 2. The molecule has 7 nitrogen and oxygen atoms in total. The molecule has 0 atom stereocenters. The third-order valence-electron chi connectivity index (χ3n) is 5.12. The fraction of sp³-hybridized carbons (Fsp3) is 0.240. The molecule has 1 N–H and O–H groups in total. The van der Waals surface area contributed by atoms with Gasteiger partial charge < -0.3 is 14.8 Å². The Balaban J connectivity index is 1.25. The number of tetrazole rings is 1. The van der Waals surface area contributed by atoms with Crippen molar-refractivity contribution in [1.29, 1.82) is 0 Å². The second-order valence-electron chi connectivity index (χ2n) is 7.58. The van der Waals surface area contributed by atoms with Gasteiger partial charge in [0.1, 0.15) is 12.4 Å². The molecule has 0 amide bonds. The second-order valence-corrected chi connectivity index (χ2v) is 9.49. The van der Waals surface area contributed by atoms with E-state index >= 15 is 0 Å². The van der Waals surface area contributed by atoms with Crippen LogP contribution in [0.4, 0.5) is 4.39 Å². The zero-order chi connectivity index (χ0) is 24.5. The standard InChI is InChI=1S/C25H25BrFN5O2S/c1-33-23-15-18(14-21(26)24(23)34-17-19-8-5-6-11-22(19)27)16-28-12-7-13-35-25-29-30-31-32(25)20-9-3-2-4-10-20/h2-6,8-11,14-15,28H,7,12-13,16-17H2,1H3. The third kappa shape index (κ3) is 6.81. The fourth-order valence-electron chi connectivity index (χ4n) is 3.37. The van der Waals surface area contributed by atoms with Crippen LogP contribution in [-0.4, -0.2) is 39.6 Å². The van der Waals surface area contributed by atoms with Crippen molar-refractivity contribution < 1.29 is 13.9 Å². The monoisotopic (exact) mass is 557 g/mol. The van der Waals surface area contributed by atoms with Gasteiger partial charge in [0.2, 0.25) is 5.16 Å². The molecule has 35 heavy (non-hydrogen) atoms. The highest BCUT2D eigenvalue weighted by molar-refractivity contribution is 9.10. The molecule has 1 heterocycles. The van der Waals surface area contributed by atoms with Crippen LogP contribution in [0.15, 0.2) is 76.4 Å². The fourth-order valence-corrected chi connectivity index (χ4v) is 4.81. The number of para-hydroxylation sites is 1. The summed E-state index contributed by atoms with van der Waals surface area (Å²) in [6.07, 6.45) is 0.953. The highest BCUT2D eigenvalue weighted by atomic mass is 79.9. The average molecular weight is 558 g/mol. The van der Waals surface area contributed by atoms with E-state index in [1.165, 1.54) is 6.07 Å². The van der Waals surface area contributed by atoms with Crippen molar-refractivity contribution in [2.75, 3.05) is 19.4 Å². The first-order valence-corrected chi connectivity index (χ1v) is 12.8. The van der Waals surface area contributed by atoms with Crippen LogP contribution in [0.5, 0.6) is 11.5 Å². The molecule has 0 fully saturated rings.